The van der Waals surface area contributed by atoms with Crippen LogP contribution in [0.3, 0.4) is 0 Å². The number of likely N-dealkylation sites (tertiary alicyclic amines) is 1. The van der Waals surface area contributed by atoms with Crippen LogP contribution in [0, 0.1) is 23.1 Å². The van der Waals surface area contributed by atoms with Gasteiger partial charge in [0.25, 0.3) is 0 Å². The Hall–Kier alpha value is -3.18. The van der Waals surface area contributed by atoms with Crippen molar-refractivity contribution < 1.29 is 13.9 Å². The highest BCUT2D eigenvalue weighted by Gasteiger charge is 2.30. The normalized spacial score (nSPS) is 16.4. The first-order chi connectivity index (χ1) is 15.2. The molecule has 0 radical (unpaired) electrons. The molecule has 1 atom stereocenters. The number of fused-ring (bicyclic) bond motifs is 1. The predicted octanol–water partition coefficient (Wildman–Crippen LogP) is 5.02. The number of ether oxygens (including phenoxy) is 1. The van der Waals surface area contributed by atoms with E-state index in [4.69, 9.17) is 21.6 Å². The van der Waals surface area contributed by atoms with Crippen molar-refractivity contribution in [3.8, 4) is 17.2 Å². The summed E-state index contributed by atoms with van der Waals surface area (Å²) in [5.74, 6) is -0.378. The molecular formula is C23H23ClFN5O2. The fourth-order valence-corrected chi connectivity index (χ4v) is 4.16. The Bertz CT molecular complexity index is 1230. The first kappa shape index (κ1) is 22.0. The molecule has 3 aromatic rings. The van der Waals surface area contributed by atoms with Crippen LogP contribution in [0.2, 0.25) is 5.15 Å². The van der Waals surface area contributed by atoms with Gasteiger partial charge < -0.3 is 14.2 Å². The second-order valence-electron chi connectivity index (χ2n) is 8.94. The summed E-state index contributed by atoms with van der Waals surface area (Å²) in [5.41, 5.74) is 1.84. The zero-order valence-corrected chi connectivity index (χ0v) is 18.9. The number of pyridine rings is 1. The van der Waals surface area contributed by atoms with Gasteiger partial charge in [0, 0.05) is 25.2 Å². The molecule has 0 bridgehead atoms. The van der Waals surface area contributed by atoms with Crippen LogP contribution in [0.5, 0.6) is 0 Å². The van der Waals surface area contributed by atoms with Gasteiger partial charge in [-0.05, 0) is 50.8 Å². The largest absolute Gasteiger partial charge is 0.444 e. The summed E-state index contributed by atoms with van der Waals surface area (Å²) in [6, 6.07) is 6.14. The molecule has 32 heavy (non-hydrogen) atoms. The lowest BCUT2D eigenvalue weighted by atomic mass is 10.0. The molecule has 0 saturated carbocycles. The van der Waals surface area contributed by atoms with E-state index in [2.05, 4.69) is 9.97 Å². The van der Waals surface area contributed by atoms with E-state index >= 15 is 0 Å². The Morgan fingerprint density at radius 2 is 2.16 bits per heavy atom. The summed E-state index contributed by atoms with van der Waals surface area (Å²) in [6.07, 6.45) is 3.92. The summed E-state index contributed by atoms with van der Waals surface area (Å²) in [5, 5.41) is 9.19. The fraction of sp³-hybridized carbons (Fsp3) is 0.391. The lowest BCUT2D eigenvalue weighted by Crippen LogP contribution is -2.35. The minimum absolute atomic E-state index is 0.0358. The van der Waals surface area contributed by atoms with Crippen LogP contribution in [0.15, 0.2) is 30.7 Å². The number of nitriles is 1. The third-order valence-electron chi connectivity index (χ3n) is 5.39. The van der Waals surface area contributed by atoms with Gasteiger partial charge in [0.2, 0.25) is 0 Å². The minimum atomic E-state index is -0.620. The van der Waals surface area contributed by atoms with Gasteiger partial charge in [-0.2, -0.15) is 5.26 Å². The van der Waals surface area contributed by atoms with Crippen LogP contribution in [0.25, 0.3) is 22.2 Å². The van der Waals surface area contributed by atoms with Crippen LogP contribution in [-0.4, -0.2) is 44.2 Å². The lowest BCUT2D eigenvalue weighted by Gasteiger charge is -2.24. The molecule has 166 valence electrons. The quantitative estimate of drug-likeness (QED) is 0.518. The van der Waals surface area contributed by atoms with Gasteiger partial charge in [0.05, 0.1) is 23.6 Å². The van der Waals surface area contributed by atoms with E-state index < -0.39 is 11.4 Å². The van der Waals surface area contributed by atoms with E-state index in [9.17, 15) is 9.18 Å². The zero-order chi connectivity index (χ0) is 23.0. The number of benzene rings is 1. The first-order valence-electron chi connectivity index (χ1n) is 10.3. The third kappa shape index (κ3) is 4.39. The topological polar surface area (TPSA) is 84.0 Å². The van der Waals surface area contributed by atoms with Gasteiger partial charge in [0.1, 0.15) is 28.2 Å². The highest BCUT2D eigenvalue weighted by atomic mass is 35.5. The van der Waals surface area contributed by atoms with E-state index in [0.29, 0.717) is 36.3 Å². The van der Waals surface area contributed by atoms with Crippen molar-refractivity contribution >= 4 is 28.7 Å². The van der Waals surface area contributed by atoms with Crippen molar-refractivity contribution in [3.05, 3.63) is 47.3 Å². The second-order valence-corrected chi connectivity index (χ2v) is 9.30. The first-order valence-corrected chi connectivity index (χ1v) is 10.7. The average Bonchev–Trinajstić information content (AvgIpc) is 3.34. The van der Waals surface area contributed by atoms with E-state index in [1.54, 1.807) is 23.5 Å². The van der Waals surface area contributed by atoms with Gasteiger partial charge in [0.15, 0.2) is 0 Å². The maximum atomic E-state index is 14.2. The summed E-state index contributed by atoms with van der Waals surface area (Å²) < 4.78 is 21.6. The molecule has 0 spiro atoms. The zero-order valence-electron chi connectivity index (χ0n) is 18.1. The van der Waals surface area contributed by atoms with Crippen LogP contribution in [0.1, 0.15) is 32.8 Å². The Kier molecular flexibility index (Phi) is 5.78. The molecule has 7 nitrogen and oxygen atoms in total. The van der Waals surface area contributed by atoms with E-state index in [1.807, 2.05) is 31.4 Å². The molecule has 2 aromatic heterocycles. The van der Waals surface area contributed by atoms with E-state index in [-0.39, 0.29) is 22.7 Å². The van der Waals surface area contributed by atoms with Crippen LogP contribution in [-0.2, 0) is 11.3 Å². The van der Waals surface area contributed by atoms with E-state index in [1.165, 1.54) is 12.1 Å². The summed E-state index contributed by atoms with van der Waals surface area (Å²) in [4.78, 5) is 22.9. The molecule has 0 unspecified atom stereocenters. The van der Waals surface area contributed by atoms with Gasteiger partial charge in [-0.3, -0.25) is 0 Å². The van der Waals surface area contributed by atoms with Crippen molar-refractivity contribution in [2.24, 2.45) is 5.92 Å². The molecule has 1 saturated heterocycles. The Balaban J connectivity index is 1.58. The molecule has 4 rings (SSSR count). The number of imidazole rings is 1. The third-order valence-corrected chi connectivity index (χ3v) is 5.68. The van der Waals surface area contributed by atoms with Gasteiger partial charge in [-0.25, -0.2) is 19.2 Å². The maximum Gasteiger partial charge on any atom is 0.410 e. The van der Waals surface area contributed by atoms with Crippen molar-refractivity contribution in [2.75, 3.05) is 13.1 Å². The second kappa shape index (κ2) is 8.40. The lowest BCUT2D eigenvalue weighted by molar-refractivity contribution is 0.0287. The van der Waals surface area contributed by atoms with Gasteiger partial charge >= 0.3 is 6.09 Å². The summed E-state index contributed by atoms with van der Waals surface area (Å²) in [7, 11) is 0. The predicted molar refractivity (Wildman–Crippen MR) is 119 cm³/mol. The molecule has 3 heterocycles. The average molecular weight is 456 g/mol. The Morgan fingerprint density at radius 3 is 2.84 bits per heavy atom. The number of halogens is 2. The fourth-order valence-electron chi connectivity index (χ4n) is 3.91. The summed E-state index contributed by atoms with van der Waals surface area (Å²) >= 11 is 6.34. The van der Waals surface area contributed by atoms with Crippen molar-refractivity contribution in [2.45, 2.75) is 39.3 Å². The van der Waals surface area contributed by atoms with Crippen LogP contribution >= 0.6 is 11.6 Å². The van der Waals surface area contributed by atoms with Gasteiger partial charge in [-0.15, -0.1) is 0 Å². The molecule has 1 fully saturated rings. The highest BCUT2D eigenvalue weighted by Crippen LogP contribution is 2.34. The molecule has 9 heteroatoms. The Labute approximate surface area is 190 Å². The number of aromatic nitrogens is 3. The van der Waals surface area contributed by atoms with Crippen LogP contribution < -0.4 is 0 Å². The SMILES string of the molecule is CC(C)(C)OC(=O)N1CC[C@@H](Cn2cnc3c(-c4ccc(C#N)c(F)c4)c(Cl)ncc32)C1. The van der Waals surface area contributed by atoms with Gasteiger partial charge in [-0.1, -0.05) is 17.7 Å². The molecular weight excluding hydrogens is 433 g/mol. The minimum Gasteiger partial charge on any atom is -0.444 e. The van der Waals surface area contributed by atoms with Crippen molar-refractivity contribution in [1.82, 2.24) is 19.4 Å². The number of hydrogen-bond acceptors (Lipinski definition) is 5. The van der Waals surface area contributed by atoms with Crippen molar-refractivity contribution in [3.63, 3.8) is 0 Å². The molecule has 0 aliphatic carbocycles. The molecule has 1 aliphatic rings. The Morgan fingerprint density at radius 1 is 1.38 bits per heavy atom. The number of nitrogens with zero attached hydrogens (tertiary/aromatic N) is 5. The highest BCUT2D eigenvalue weighted by molar-refractivity contribution is 6.33. The van der Waals surface area contributed by atoms with E-state index in [0.717, 1.165) is 11.9 Å². The number of carbonyl (C=O) groups excluding carboxylic acids is 1. The molecule has 1 aromatic carbocycles. The molecule has 0 N–H and O–H groups in total. The molecule has 1 aliphatic heterocycles. The van der Waals surface area contributed by atoms with Crippen molar-refractivity contribution in [1.29, 1.82) is 5.26 Å². The number of hydrogen-bond donors (Lipinski definition) is 0. The standard InChI is InChI=1S/C23H23ClFN5O2/c1-23(2,3)32-22(31)29-7-6-14(11-29)12-30-13-28-20-18(30)10-27-21(24)19(20)15-4-5-16(9-26)17(25)8-15/h4-5,8,10,13-14H,6-7,11-12H2,1-3H3/t14-/m1/s1. The smallest absolute Gasteiger partial charge is 0.410 e. The van der Waals surface area contributed by atoms with Crippen LogP contribution in [0.4, 0.5) is 9.18 Å². The summed E-state index contributed by atoms with van der Waals surface area (Å²) in [6.45, 7) is 7.46. The maximum absolute atomic E-state index is 14.2. The number of carbonyl (C=O) groups is 1. The molecule has 1 amide bonds. The number of amides is 1. The monoisotopic (exact) mass is 455 g/mol. The number of rotatable bonds is 3.